The quantitative estimate of drug-likeness (QED) is 0.0288. The smallest absolute Gasteiger partial charge is 0.268 e. The van der Waals surface area contributed by atoms with Crippen molar-refractivity contribution in [1.29, 1.82) is 0 Å². The highest BCUT2D eigenvalue weighted by Crippen LogP contribution is 2.38. The molecule has 0 aliphatic rings. The van der Waals surface area contributed by atoms with Crippen LogP contribution in [0, 0.1) is 0 Å². The van der Waals surface area contributed by atoms with E-state index in [1.54, 1.807) is 6.08 Å². The maximum atomic E-state index is 12.8. The van der Waals surface area contributed by atoms with Gasteiger partial charge in [-0.05, 0) is 44.9 Å². The van der Waals surface area contributed by atoms with Crippen LogP contribution in [0.3, 0.4) is 0 Å². The van der Waals surface area contributed by atoms with E-state index in [0.717, 1.165) is 44.9 Å². The molecular weight excluding hydrogens is 647 g/mol. The summed E-state index contributed by atoms with van der Waals surface area (Å²) in [4.78, 5) is 25.2. The molecule has 0 aliphatic heterocycles. The molecule has 1 amide bonds. The molecule has 0 aromatic rings. The number of nitrogens with zero attached hydrogens (tertiary/aromatic N) is 1. The van der Waals surface area contributed by atoms with E-state index in [1.165, 1.54) is 103 Å². The minimum Gasteiger partial charge on any atom is -0.756 e. The number of rotatable bonds is 36. The lowest BCUT2D eigenvalue weighted by molar-refractivity contribution is -0.870. The van der Waals surface area contributed by atoms with Crippen LogP contribution in [0.15, 0.2) is 36.5 Å². The van der Waals surface area contributed by atoms with Crippen LogP contribution in [-0.2, 0) is 18.4 Å². The lowest BCUT2D eigenvalue weighted by Crippen LogP contribution is -2.45. The van der Waals surface area contributed by atoms with E-state index in [0.29, 0.717) is 17.4 Å². The summed E-state index contributed by atoms with van der Waals surface area (Å²) in [7, 11) is 1.23. The lowest BCUT2D eigenvalue weighted by Gasteiger charge is -2.29. The van der Waals surface area contributed by atoms with E-state index in [9.17, 15) is 19.4 Å². The third-order valence-corrected chi connectivity index (χ3v) is 9.79. The fraction of sp³-hybridized carbons (Fsp3) is 0.829. The predicted octanol–water partition coefficient (Wildman–Crippen LogP) is 10.1. The van der Waals surface area contributed by atoms with Crippen LogP contribution in [0.25, 0.3) is 0 Å². The number of hydrogen-bond acceptors (Lipinski definition) is 6. The van der Waals surface area contributed by atoms with E-state index >= 15 is 0 Å². The molecule has 0 rings (SSSR count). The molecule has 9 heteroatoms. The molecule has 0 fully saturated rings. The van der Waals surface area contributed by atoms with Crippen LogP contribution < -0.4 is 10.2 Å². The average Bonchev–Trinajstić information content (AvgIpc) is 3.06. The van der Waals surface area contributed by atoms with Crippen molar-refractivity contribution in [1.82, 2.24) is 5.32 Å². The highest BCUT2D eigenvalue weighted by molar-refractivity contribution is 7.45. The number of hydrogen-bond donors (Lipinski definition) is 2. The van der Waals surface area contributed by atoms with Gasteiger partial charge in [-0.1, -0.05) is 153 Å². The van der Waals surface area contributed by atoms with Gasteiger partial charge in [0, 0.05) is 6.42 Å². The lowest BCUT2D eigenvalue weighted by atomic mass is 10.0. The van der Waals surface area contributed by atoms with Gasteiger partial charge in [0.2, 0.25) is 5.91 Å². The normalized spacial score (nSPS) is 14.9. The van der Waals surface area contributed by atoms with Crippen LogP contribution in [0.5, 0.6) is 0 Å². The molecule has 8 nitrogen and oxygen atoms in total. The van der Waals surface area contributed by atoms with Crippen LogP contribution in [0.4, 0.5) is 0 Å². The SMILES string of the molecule is CCCCCCCC/C=C/CC/C=C/CC/C=C/C(O)C(COP(=O)([O-])OCC[N+](C)(C)C)NC(=O)CCCCCCCCCCCCCC. The molecule has 0 aromatic heterocycles. The molecule has 50 heavy (non-hydrogen) atoms. The van der Waals surface area contributed by atoms with Gasteiger partial charge in [-0.25, -0.2) is 0 Å². The Kier molecular flexibility index (Phi) is 32.7. The summed E-state index contributed by atoms with van der Waals surface area (Å²) in [6.07, 6.45) is 39.0. The second-order valence-electron chi connectivity index (χ2n) is 15.0. The van der Waals surface area contributed by atoms with E-state index in [2.05, 4.69) is 43.5 Å². The molecule has 0 saturated carbocycles. The number of quaternary nitrogens is 1. The van der Waals surface area contributed by atoms with Crippen LogP contribution in [0.2, 0.25) is 0 Å². The van der Waals surface area contributed by atoms with E-state index < -0.39 is 26.6 Å². The second-order valence-corrected chi connectivity index (χ2v) is 16.4. The highest BCUT2D eigenvalue weighted by Gasteiger charge is 2.23. The van der Waals surface area contributed by atoms with Crippen molar-refractivity contribution in [2.24, 2.45) is 0 Å². The number of phosphoric ester groups is 1. The molecule has 0 aliphatic carbocycles. The predicted molar refractivity (Wildman–Crippen MR) is 210 cm³/mol. The molecule has 0 saturated heterocycles. The minimum atomic E-state index is -4.59. The van der Waals surface area contributed by atoms with Gasteiger partial charge in [0.05, 0.1) is 39.9 Å². The number of amides is 1. The van der Waals surface area contributed by atoms with Gasteiger partial charge >= 0.3 is 0 Å². The Morgan fingerprint density at radius 3 is 1.62 bits per heavy atom. The molecule has 0 bridgehead atoms. The minimum absolute atomic E-state index is 0.00822. The summed E-state index contributed by atoms with van der Waals surface area (Å²) in [5.74, 6) is -0.214. The summed E-state index contributed by atoms with van der Waals surface area (Å²) < 4.78 is 23.1. The molecule has 3 unspecified atom stereocenters. The number of unbranched alkanes of at least 4 members (excludes halogenated alkanes) is 19. The van der Waals surface area contributed by atoms with E-state index in [1.807, 2.05) is 27.2 Å². The summed E-state index contributed by atoms with van der Waals surface area (Å²) in [6, 6.07) is -0.904. The summed E-state index contributed by atoms with van der Waals surface area (Å²) >= 11 is 0. The standard InChI is InChI=1S/C41H79N2O6P/c1-6-8-10-12-14-16-18-20-21-22-23-24-26-28-30-32-34-40(44)39(38-49-50(46,47)48-37-36-43(3,4)5)42-41(45)35-33-31-29-27-25-19-17-15-13-11-9-7-2/h20-21,24,26,32,34,39-40,44H,6-19,22-23,25,27-31,33,35-38H2,1-5H3,(H-,42,45,46,47)/b21-20+,26-24+,34-32+. The van der Waals surface area contributed by atoms with Crippen molar-refractivity contribution >= 4 is 13.7 Å². The Morgan fingerprint density at radius 1 is 0.680 bits per heavy atom. The maximum absolute atomic E-state index is 12.8. The van der Waals surface area contributed by atoms with Crippen molar-refractivity contribution in [2.75, 3.05) is 40.9 Å². The third-order valence-electron chi connectivity index (χ3n) is 8.83. The molecule has 0 aromatic carbocycles. The van der Waals surface area contributed by atoms with Gasteiger partial charge in [0.25, 0.3) is 7.82 Å². The first-order valence-electron chi connectivity index (χ1n) is 20.4. The maximum Gasteiger partial charge on any atom is 0.268 e. The van der Waals surface area contributed by atoms with Crippen molar-refractivity contribution < 1.29 is 32.9 Å². The first-order chi connectivity index (χ1) is 24.0. The Hall–Kier alpha value is -1.28. The third kappa shape index (κ3) is 35.1. The number of aliphatic hydroxyl groups excluding tert-OH is 1. The van der Waals surface area contributed by atoms with Crippen molar-refractivity contribution in [3.63, 3.8) is 0 Å². The molecule has 0 spiro atoms. The first kappa shape index (κ1) is 48.7. The Morgan fingerprint density at radius 2 is 1.12 bits per heavy atom. The van der Waals surface area contributed by atoms with Crippen molar-refractivity contribution in [2.45, 2.75) is 180 Å². The van der Waals surface area contributed by atoms with Crippen LogP contribution >= 0.6 is 7.82 Å². The van der Waals surface area contributed by atoms with Gasteiger partial charge in [-0.2, -0.15) is 0 Å². The summed E-state index contributed by atoms with van der Waals surface area (Å²) in [5.41, 5.74) is 0. The van der Waals surface area contributed by atoms with Crippen molar-refractivity contribution in [3.8, 4) is 0 Å². The van der Waals surface area contributed by atoms with Gasteiger partial charge in [0.1, 0.15) is 13.2 Å². The molecule has 0 heterocycles. The van der Waals surface area contributed by atoms with Gasteiger partial charge in [-0.15, -0.1) is 0 Å². The molecular formula is C41H79N2O6P. The summed E-state index contributed by atoms with van der Waals surface area (Å²) in [6.45, 7) is 4.58. The van der Waals surface area contributed by atoms with Crippen LogP contribution in [0.1, 0.15) is 168 Å². The number of aliphatic hydroxyl groups is 1. The summed E-state index contributed by atoms with van der Waals surface area (Å²) in [5, 5.41) is 13.7. The zero-order valence-corrected chi connectivity index (χ0v) is 34.0. The fourth-order valence-electron chi connectivity index (χ4n) is 5.54. The monoisotopic (exact) mass is 727 g/mol. The number of allylic oxidation sites excluding steroid dienone is 5. The number of nitrogens with one attached hydrogen (secondary N) is 1. The van der Waals surface area contributed by atoms with Gasteiger partial charge < -0.3 is 28.8 Å². The van der Waals surface area contributed by atoms with E-state index in [-0.39, 0.29) is 12.5 Å². The Bertz CT molecular complexity index is 917. The zero-order chi connectivity index (χ0) is 37.2. The number of phosphoric acid groups is 1. The topological polar surface area (TPSA) is 108 Å². The molecule has 2 N–H and O–H groups in total. The number of carbonyl (C=O) groups excluding carboxylic acids is 1. The molecule has 0 radical (unpaired) electrons. The highest BCUT2D eigenvalue weighted by atomic mass is 31.2. The van der Waals surface area contributed by atoms with Crippen LogP contribution in [-0.4, -0.2) is 68.5 Å². The zero-order valence-electron chi connectivity index (χ0n) is 33.1. The van der Waals surface area contributed by atoms with E-state index in [4.69, 9.17) is 9.05 Å². The van der Waals surface area contributed by atoms with Crippen molar-refractivity contribution in [3.05, 3.63) is 36.5 Å². The Labute approximate surface area is 308 Å². The largest absolute Gasteiger partial charge is 0.756 e. The fourth-order valence-corrected chi connectivity index (χ4v) is 6.26. The average molecular weight is 727 g/mol. The Balaban J connectivity index is 4.58. The second kappa shape index (κ2) is 33.5. The molecule has 3 atom stereocenters. The van der Waals surface area contributed by atoms with Gasteiger partial charge in [-0.3, -0.25) is 9.36 Å². The number of likely N-dealkylation sites (N-methyl/N-ethyl adjacent to an activating group) is 1. The molecule has 294 valence electrons. The van der Waals surface area contributed by atoms with Gasteiger partial charge in [0.15, 0.2) is 0 Å². The first-order valence-corrected chi connectivity index (χ1v) is 21.8. The number of carbonyl (C=O) groups is 1.